The molecule has 1 rings (SSSR count). The molecule has 0 aromatic carbocycles. The average Bonchev–Trinajstić information content (AvgIpc) is 2.17. The van der Waals surface area contributed by atoms with Gasteiger partial charge in [-0.15, -0.1) is 12.4 Å². The van der Waals surface area contributed by atoms with Crippen LogP contribution in [-0.2, 0) is 10.2 Å². The van der Waals surface area contributed by atoms with Crippen LogP contribution in [0.4, 0.5) is 0 Å². The van der Waals surface area contributed by atoms with Crippen LogP contribution in [0.1, 0.15) is 26.7 Å². The average molecular weight is 272 g/mol. The Morgan fingerprint density at radius 3 is 2.62 bits per heavy atom. The van der Waals surface area contributed by atoms with E-state index in [9.17, 15) is 8.42 Å². The van der Waals surface area contributed by atoms with Gasteiger partial charge in [-0.1, -0.05) is 13.8 Å². The topological polar surface area (TPSA) is 75.4 Å². The molecular formula is C9H22ClN3O2S. The van der Waals surface area contributed by atoms with Crippen LogP contribution in [0.3, 0.4) is 0 Å². The van der Waals surface area contributed by atoms with Gasteiger partial charge >= 0.3 is 0 Å². The van der Waals surface area contributed by atoms with Crippen LogP contribution < -0.4 is 10.5 Å². The minimum atomic E-state index is -3.32. The first-order valence-electron chi connectivity index (χ1n) is 5.49. The molecule has 0 radical (unpaired) electrons. The lowest BCUT2D eigenvalue weighted by molar-refractivity contribution is 0.190. The highest BCUT2D eigenvalue weighted by atomic mass is 35.5. The molecule has 1 saturated heterocycles. The first-order valence-corrected chi connectivity index (χ1v) is 6.93. The van der Waals surface area contributed by atoms with Gasteiger partial charge in [-0.25, -0.2) is 4.72 Å². The smallest absolute Gasteiger partial charge is 0.279 e. The van der Waals surface area contributed by atoms with Gasteiger partial charge in [-0.2, -0.15) is 12.7 Å². The fraction of sp³-hybridized carbons (Fsp3) is 1.00. The molecule has 5 nitrogen and oxygen atoms in total. The Hall–Kier alpha value is 0.120. The van der Waals surface area contributed by atoms with E-state index in [1.807, 2.05) is 0 Å². The van der Waals surface area contributed by atoms with Crippen LogP contribution in [0.15, 0.2) is 0 Å². The van der Waals surface area contributed by atoms with E-state index in [1.54, 1.807) is 6.92 Å². The van der Waals surface area contributed by atoms with E-state index in [2.05, 4.69) is 11.6 Å². The number of nitrogens with one attached hydrogen (secondary N) is 1. The van der Waals surface area contributed by atoms with E-state index < -0.39 is 10.2 Å². The van der Waals surface area contributed by atoms with Crippen LogP contribution in [-0.4, -0.2) is 38.4 Å². The van der Waals surface area contributed by atoms with E-state index in [0.717, 1.165) is 12.8 Å². The molecule has 1 aliphatic rings. The predicted octanol–water partition coefficient (Wildman–Crippen LogP) is 0.322. The zero-order valence-electron chi connectivity index (χ0n) is 9.85. The van der Waals surface area contributed by atoms with Gasteiger partial charge in [0, 0.05) is 25.7 Å². The molecule has 0 aromatic heterocycles. The molecule has 2 atom stereocenters. The molecule has 0 amide bonds. The Balaban J connectivity index is 0.00000225. The minimum Gasteiger partial charge on any atom is -0.329 e. The third-order valence-electron chi connectivity index (χ3n) is 2.94. The highest BCUT2D eigenvalue weighted by molar-refractivity contribution is 7.87. The number of nitrogens with two attached hydrogens (primary N) is 1. The Bertz CT molecular complexity index is 297. The zero-order valence-corrected chi connectivity index (χ0v) is 11.5. The molecule has 2 unspecified atom stereocenters. The number of hydrogen-bond donors (Lipinski definition) is 2. The molecule has 1 aliphatic heterocycles. The Kier molecular flexibility index (Phi) is 6.81. The standard InChI is InChI=1S/C9H21N3O2S.ClH/c1-3-11-15(13,14)12-6-4-5-8(2)9(12)7-10;/h8-9,11H,3-7,10H2,1-2H3;1H. The summed E-state index contributed by atoms with van der Waals surface area (Å²) in [6, 6.07) is -0.0530. The van der Waals surface area contributed by atoms with Crippen molar-refractivity contribution in [2.45, 2.75) is 32.7 Å². The van der Waals surface area contributed by atoms with Crippen LogP contribution >= 0.6 is 12.4 Å². The van der Waals surface area contributed by atoms with Crippen molar-refractivity contribution >= 4 is 22.6 Å². The monoisotopic (exact) mass is 271 g/mol. The number of piperidine rings is 1. The third kappa shape index (κ3) is 3.56. The number of hydrogen-bond acceptors (Lipinski definition) is 3. The summed E-state index contributed by atoms with van der Waals surface area (Å²) in [6.07, 6.45) is 1.97. The van der Waals surface area contributed by atoms with Crippen molar-refractivity contribution in [1.29, 1.82) is 0 Å². The maximum Gasteiger partial charge on any atom is 0.279 e. The van der Waals surface area contributed by atoms with Crippen molar-refractivity contribution in [3.05, 3.63) is 0 Å². The van der Waals surface area contributed by atoms with Gasteiger partial charge < -0.3 is 5.73 Å². The van der Waals surface area contributed by atoms with Crippen molar-refractivity contribution in [3.63, 3.8) is 0 Å². The molecule has 1 fully saturated rings. The fourth-order valence-electron chi connectivity index (χ4n) is 2.12. The van der Waals surface area contributed by atoms with Gasteiger partial charge in [0.15, 0.2) is 0 Å². The van der Waals surface area contributed by atoms with Crippen molar-refractivity contribution in [3.8, 4) is 0 Å². The van der Waals surface area contributed by atoms with Crippen molar-refractivity contribution in [2.24, 2.45) is 11.7 Å². The largest absolute Gasteiger partial charge is 0.329 e. The van der Waals surface area contributed by atoms with Gasteiger partial charge in [-0.3, -0.25) is 0 Å². The molecule has 3 N–H and O–H groups in total. The summed E-state index contributed by atoms with van der Waals surface area (Å²) in [6.45, 7) is 5.24. The van der Waals surface area contributed by atoms with E-state index in [0.29, 0.717) is 25.6 Å². The molecule has 0 saturated carbocycles. The van der Waals surface area contributed by atoms with Crippen molar-refractivity contribution in [1.82, 2.24) is 9.03 Å². The fourth-order valence-corrected chi connectivity index (χ4v) is 3.68. The first kappa shape index (κ1) is 16.1. The summed E-state index contributed by atoms with van der Waals surface area (Å²) in [5.74, 6) is 0.345. The second-order valence-electron chi connectivity index (χ2n) is 4.04. The summed E-state index contributed by atoms with van der Waals surface area (Å²) < 4.78 is 27.8. The van der Waals surface area contributed by atoms with E-state index in [4.69, 9.17) is 5.73 Å². The van der Waals surface area contributed by atoms with Gasteiger partial charge in [0.05, 0.1) is 0 Å². The Morgan fingerprint density at radius 1 is 1.50 bits per heavy atom. The number of halogens is 1. The lowest BCUT2D eigenvalue weighted by Gasteiger charge is -2.38. The lowest BCUT2D eigenvalue weighted by atomic mass is 9.93. The van der Waals surface area contributed by atoms with Gasteiger partial charge in [0.1, 0.15) is 0 Å². The second kappa shape index (κ2) is 6.76. The first-order chi connectivity index (χ1) is 7.03. The molecule has 0 aromatic rings. The Morgan fingerprint density at radius 2 is 2.12 bits per heavy atom. The van der Waals surface area contributed by atoms with Crippen LogP contribution in [0, 0.1) is 5.92 Å². The minimum absolute atomic E-state index is 0. The summed E-state index contributed by atoms with van der Waals surface area (Å²) in [5, 5.41) is 0. The molecule has 0 bridgehead atoms. The van der Waals surface area contributed by atoms with Gasteiger partial charge in [-0.05, 0) is 18.8 Å². The van der Waals surface area contributed by atoms with Crippen LogP contribution in [0.2, 0.25) is 0 Å². The van der Waals surface area contributed by atoms with E-state index >= 15 is 0 Å². The maximum absolute atomic E-state index is 11.9. The quantitative estimate of drug-likeness (QED) is 0.773. The molecule has 0 spiro atoms. The maximum atomic E-state index is 11.9. The number of nitrogens with zero attached hydrogens (tertiary/aromatic N) is 1. The van der Waals surface area contributed by atoms with Crippen LogP contribution in [0.25, 0.3) is 0 Å². The molecule has 98 valence electrons. The van der Waals surface area contributed by atoms with E-state index in [1.165, 1.54) is 4.31 Å². The summed E-state index contributed by atoms with van der Waals surface area (Å²) >= 11 is 0. The molecule has 7 heteroatoms. The van der Waals surface area contributed by atoms with E-state index in [-0.39, 0.29) is 18.4 Å². The van der Waals surface area contributed by atoms with Gasteiger partial charge in [0.25, 0.3) is 10.2 Å². The second-order valence-corrected chi connectivity index (χ2v) is 5.74. The normalized spacial score (nSPS) is 27.4. The predicted molar refractivity (Wildman–Crippen MR) is 67.8 cm³/mol. The van der Waals surface area contributed by atoms with Crippen LogP contribution in [0.5, 0.6) is 0 Å². The summed E-state index contributed by atoms with van der Waals surface area (Å²) in [7, 11) is -3.32. The highest BCUT2D eigenvalue weighted by Gasteiger charge is 2.34. The van der Waals surface area contributed by atoms with Gasteiger partial charge in [0.2, 0.25) is 0 Å². The van der Waals surface area contributed by atoms with Crippen molar-refractivity contribution in [2.75, 3.05) is 19.6 Å². The molecule has 1 heterocycles. The lowest BCUT2D eigenvalue weighted by Crippen LogP contribution is -2.54. The SMILES string of the molecule is CCNS(=O)(=O)N1CCCC(C)C1CN.Cl. The zero-order chi connectivity index (χ0) is 11.5. The van der Waals surface area contributed by atoms with Crippen molar-refractivity contribution < 1.29 is 8.42 Å². The third-order valence-corrected chi connectivity index (χ3v) is 4.67. The molecular weight excluding hydrogens is 250 g/mol. The number of rotatable bonds is 4. The summed E-state index contributed by atoms with van der Waals surface area (Å²) in [4.78, 5) is 0. The molecule has 16 heavy (non-hydrogen) atoms. The summed E-state index contributed by atoms with van der Waals surface area (Å²) in [5.41, 5.74) is 5.64. The Labute approximate surface area is 104 Å². The molecule has 0 aliphatic carbocycles. The highest BCUT2D eigenvalue weighted by Crippen LogP contribution is 2.24.